The molecule has 11 heteroatoms. The van der Waals surface area contributed by atoms with Gasteiger partial charge in [0.2, 0.25) is 0 Å². The number of nitrogens with one attached hydrogen (secondary N) is 1. The Kier molecular flexibility index (Phi) is 16.4. The number of carbonyl (C=O) groups is 2. The Labute approximate surface area is 269 Å². The predicted molar refractivity (Wildman–Crippen MR) is 171 cm³/mol. The molecule has 0 aliphatic carbocycles. The molecule has 1 saturated heterocycles. The first-order valence-electron chi connectivity index (χ1n) is 16.1. The first kappa shape index (κ1) is 39.0. The first-order chi connectivity index (χ1) is 21.2. The summed E-state index contributed by atoms with van der Waals surface area (Å²) in [6.07, 6.45) is 4.87. The zero-order valence-electron chi connectivity index (χ0n) is 28.0. The lowest BCUT2D eigenvalue weighted by Crippen LogP contribution is -2.63. The largest absolute Gasteiger partial charge is 0.462 e. The van der Waals surface area contributed by atoms with E-state index < -0.39 is 72.7 Å². The molecule has 5 N–H and O–H groups in total. The van der Waals surface area contributed by atoms with Gasteiger partial charge in [0.15, 0.2) is 12.1 Å². The van der Waals surface area contributed by atoms with E-state index in [1.54, 1.807) is 45.0 Å². The van der Waals surface area contributed by atoms with Crippen molar-refractivity contribution in [3.8, 4) is 12.3 Å². The van der Waals surface area contributed by atoms with Crippen LogP contribution in [0.15, 0.2) is 23.8 Å². The number of rotatable bonds is 9. The molecule has 0 radical (unpaired) electrons. The smallest absolute Gasteiger partial charge is 0.308 e. The third-order valence-electron chi connectivity index (χ3n) is 9.08. The fourth-order valence-electron chi connectivity index (χ4n) is 6.31. The molecule has 0 bridgehead atoms. The molecule has 0 aromatic heterocycles. The number of cyclic esters (lactones) is 1. The molecule has 0 spiro atoms. The number of allylic oxidation sites excluding steroid dienone is 3. The van der Waals surface area contributed by atoms with Crippen LogP contribution in [0.4, 0.5) is 0 Å². The van der Waals surface area contributed by atoms with Crippen molar-refractivity contribution in [3.63, 3.8) is 0 Å². The van der Waals surface area contributed by atoms with E-state index in [-0.39, 0.29) is 24.7 Å². The van der Waals surface area contributed by atoms with Crippen molar-refractivity contribution in [2.24, 2.45) is 23.7 Å². The zero-order valence-corrected chi connectivity index (χ0v) is 28.0. The van der Waals surface area contributed by atoms with Gasteiger partial charge in [-0.25, -0.2) is 0 Å². The van der Waals surface area contributed by atoms with Crippen molar-refractivity contribution >= 4 is 11.8 Å². The number of hydrogen-bond acceptors (Lipinski definition) is 11. The Balaban J connectivity index is 2.56. The van der Waals surface area contributed by atoms with E-state index >= 15 is 0 Å². The summed E-state index contributed by atoms with van der Waals surface area (Å²) in [4.78, 5) is 28.1. The summed E-state index contributed by atoms with van der Waals surface area (Å²) in [5.74, 6) is -0.0561. The number of likely N-dealkylation sites (N-methyl/N-ethyl adjacent to an activating group) is 1. The van der Waals surface area contributed by atoms with Crippen LogP contribution in [0.3, 0.4) is 0 Å². The summed E-state index contributed by atoms with van der Waals surface area (Å²) in [7, 11) is 3.50. The SMILES string of the molecule is C#CCNCC[C@H]1C[C@@H](C)C(=O)/C=C/C(C)=C/[C@H](CO)[C@@H](CC)OC(=O)C[C@@H](O)[C@H](C)[C@H]1O[C@@H]1O[C@H](C)[C@@H](O)C(N(C)C)C1O. The second kappa shape index (κ2) is 18.9. The van der Waals surface area contributed by atoms with Gasteiger partial charge in [0, 0.05) is 17.8 Å². The minimum atomic E-state index is -1.22. The number of ether oxygens (including phenoxy) is 3. The quantitative estimate of drug-likeness (QED) is 0.142. The van der Waals surface area contributed by atoms with E-state index in [4.69, 9.17) is 20.6 Å². The van der Waals surface area contributed by atoms with Gasteiger partial charge in [-0.2, -0.15) is 0 Å². The summed E-state index contributed by atoms with van der Waals surface area (Å²) in [5, 5.41) is 46.7. The molecule has 0 aromatic carbocycles. The molecule has 2 aliphatic heterocycles. The van der Waals surface area contributed by atoms with Gasteiger partial charge in [0.25, 0.3) is 0 Å². The van der Waals surface area contributed by atoms with Gasteiger partial charge in [-0.3, -0.25) is 9.59 Å². The molecular weight excluding hydrogens is 580 g/mol. The number of esters is 1. The second-order valence-electron chi connectivity index (χ2n) is 12.9. The highest BCUT2D eigenvalue weighted by atomic mass is 16.7. The molecule has 2 heterocycles. The van der Waals surface area contributed by atoms with Gasteiger partial charge in [0.05, 0.1) is 50.0 Å². The second-order valence-corrected chi connectivity index (χ2v) is 12.9. The summed E-state index contributed by atoms with van der Waals surface area (Å²) in [6.45, 7) is 9.56. The highest BCUT2D eigenvalue weighted by Gasteiger charge is 2.47. The van der Waals surface area contributed by atoms with Gasteiger partial charge >= 0.3 is 5.97 Å². The molecular formula is C34H56N2O9. The van der Waals surface area contributed by atoms with Crippen LogP contribution in [0, 0.1) is 36.0 Å². The summed E-state index contributed by atoms with van der Waals surface area (Å²) >= 11 is 0. The lowest BCUT2D eigenvalue weighted by molar-refractivity contribution is -0.304. The molecule has 2 aliphatic rings. The van der Waals surface area contributed by atoms with Crippen LogP contribution in [0.5, 0.6) is 0 Å². The predicted octanol–water partition coefficient (Wildman–Crippen LogP) is 1.43. The average molecular weight is 637 g/mol. The van der Waals surface area contributed by atoms with Gasteiger partial charge in [-0.15, -0.1) is 6.42 Å². The van der Waals surface area contributed by atoms with Crippen LogP contribution in [-0.4, -0.2) is 120 Å². The van der Waals surface area contributed by atoms with Crippen molar-refractivity contribution in [2.45, 2.75) is 109 Å². The highest BCUT2D eigenvalue weighted by molar-refractivity contribution is 5.91. The summed E-state index contributed by atoms with van der Waals surface area (Å²) < 4.78 is 18.3. The van der Waals surface area contributed by atoms with Crippen LogP contribution in [0.2, 0.25) is 0 Å². The van der Waals surface area contributed by atoms with Gasteiger partial charge in [-0.05, 0) is 65.7 Å². The first-order valence-corrected chi connectivity index (χ1v) is 16.1. The van der Waals surface area contributed by atoms with Crippen LogP contribution in [0.25, 0.3) is 0 Å². The van der Waals surface area contributed by atoms with Crippen molar-refractivity contribution in [1.82, 2.24) is 10.2 Å². The number of terminal acetylenes is 1. The summed E-state index contributed by atoms with van der Waals surface area (Å²) in [5.41, 5.74) is 0.747. The minimum absolute atomic E-state index is 0.0965. The fourth-order valence-corrected chi connectivity index (χ4v) is 6.31. The number of ketones is 1. The monoisotopic (exact) mass is 636 g/mol. The number of nitrogens with zero attached hydrogens (tertiary/aromatic N) is 1. The fraction of sp³-hybridized carbons (Fsp3) is 0.765. The van der Waals surface area contributed by atoms with Gasteiger partial charge in [-0.1, -0.05) is 44.4 Å². The Morgan fingerprint density at radius 3 is 2.42 bits per heavy atom. The Hall–Kier alpha value is -2.14. The molecule has 256 valence electrons. The third-order valence-corrected chi connectivity index (χ3v) is 9.08. The number of aliphatic hydroxyl groups is 4. The molecule has 0 aromatic rings. The maximum absolute atomic E-state index is 13.3. The summed E-state index contributed by atoms with van der Waals surface area (Å²) in [6, 6.07) is -0.678. The van der Waals surface area contributed by atoms with Crippen molar-refractivity contribution < 1.29 is 44.2 Å². The molecule has 2 unspecified atom stereocenters. The standard InChI is InChI=1S/C34H56N2O9/c1-9-14-35-15-13-24-17-21(4)26(38)12-11-20(3)16-25(19-37)28(10-2)44-29(40)18-27(39)22(5)33(24)45-34-32(42)30(36(7)8)31(41)23(6)43-34/h1,11-12,16,21-25,27-28,30-35,37,39,41-42H,10,13-15,17-19H2,2-8H3/b12-11+,20-16+/t21-,22+,23-,24+,25-,27-,28-,30?,31-,32?,33-,34+/m1/s1. The van der Waals surface area contributed by atoms with Crippen LogP contribution in [-0.2, 0) is 23.8 Å². The van der Waals surface area contributed by atoms with E-state index in [9.17, 15) is 30.0 Å². The van der Waals surface area contributed by atoms with Crippen LogP contribution in [0.1, 0.15) is 60.3 Å². The maximum atomic E-state index is 13.3. The molecule has 11 nitrogen and oxygen atoms in total. The van der Waals surface area contributed by atoms with Crippen LogP contribution >= 0.6 is 0 Å². The topological polar surface area (TPSA) is 158 Å². The van der Waals surface area contributed by atoms with E-state index in [0.717, 1.165) is 5.57 Å². The Morgan fingerprint density at radius 1 is 1.13 bits per heavy atom. The number of carbonyl (C=O) groups excluding carboxylic acids is 2. The molecule has 45 heavy (non-hydrogen) atoms. The Bertz CT molecular complexity index is 1040. The number of hydrogen-bond donors (Lipinski definition) is 5. The van der Waals surface area contributed by atoms with Crippen molar-refractivity contribution in [3.05, 3.63) is 23.8 Å². The normalized spacial score (nSPS) is 39.5. The van der Waals surface area contributed by atoms with Gasteiger partial charge in [0.1, 0.15) is 12.2 Å². The van der Waals surface area contributed by atoms with Crippen molar-refractivity contribution in [2.75, 3.05) is 33.8 Å². The minimum Gasteiger partial charge on any atom is -0.462 e. The van der Waals surface area contributed by atoms with E-state index in [1.165, 1.54) is 6.08 Å². The lowest BCUT2D eigenvalue weighted by atomic mass is 9.79. The molecule has 0 saturated carbocycles. The van der Waals surface area contributed by atoms with E-state index in [1.807, 2.05) is 20.8 Å². The highest BCUT2D eigenvalue weighted by Crippen LogP contribution is 2.34. The van der Waals surface area contributed by atoms with E-state index in [0.29, 0.717) is 32.4 Å². The third kappa shape index (κ3) is 11.3. The Morgan fingerprint density at radius 2 is 1.82 bits per heavy atom. The zero-order chi connectivity index (χ0) is 33.8. The molecule has 0 amide bonds. The molecule has 1 fully saturated rings. The molecule has 2 rings (SSSR count). The lowest BCUT2D eigenvalue weighted by Gasteiger charge is -2.46. The molecule has 12 atom stereocenters. The van der Waals surface area contributed by atoms with Crippen molar-refractivity contribution in [1.29, 1.82) is 0 Å². The van der Waals surface area contributed by atoms with E-state index in [2.05, 4.69) is 11.2 Å². The average Bonchev–Trinajstić information content (AvgIpc) is 2.99. The van der Waals surface area contributed by atoms with Gasteiger partial charge < -0.3 is 44.9 Å². The maximum Gasteiger partial charge on any atom is 0.308 e. The van der Waals surface area contributed by atoms with Crippen LogP contribution < -0.4 is 5.32 Å². The number of aliphatic hydroxyl groups excluding tert-OH is 4.